The van der Waals surface area contributed by atoms with Crippen LogP contribution in [0.3, 0.4) is 0 Å². The summed E-state index contributed by atoms with van der Waals surface area (Å²) in [5.41, 5.74) is 1.34. The number of hydrogen-bond donors (Lipinski definition) is 1. The van der Waals surface area contributed by atoms with E-state index in [9.17, 15) is 4.79 Å². The Labute approximate surface area is 127 Å². The number of carbonyl (C=O) groups excluding carboxylic acids is 1. The highest BCUT2D eigenvalue weighted by Crippen LogP contribution is 2.25. The molecule has 0 aromatic carbocycles. The van der Waals surface area contributed by atoms with Crippen LogP contribution in [0.2, 0.25) is 0 Å². The van der Waals surface area contributed by atoms with Crippen molar-refractivity contribution in [2.75, 3.05) is 6.61 Å². The Morgan fingerprint density at radius 1 is 1.43 bits per heavy atom. The zero-order chi connectivity index (χ0) is 15.5. The molecule has 0 aliphatic carbocycles. The van der Waals surface area contributed by atoms with Crippen LogP contribution in [0.4, 0.5) is 0 Å². The number of rotatable bonds is 5. The first-order valence-electron chi connectivity index (χ1n) is 6.70. The summed E-state index contributed by atoms with van der Waals surface area (Å²) in [4.78, 5) is 16.2. The Hall–Kier alpha value is -1.89. The summed E-state index contributed by atoms with van der Waals surface area (Å²) in [6.07, 6.45) is 1.40. The third-order valence-electron chi connectivity index (χ3n) is 2.76. The number of nitrogens with zero attached hydrogens (tertiary/aromatic N) is 2. The number of esters is 1. The summed E-state index contributed by atoms with van der Waals surface area (Å²) in [6, 6.07) is 0. The second kappa shape index (κ2) is 6.26. The van der Waals surface area contributed by atoms with Crippen molar-refractivity contribution in [1.82, 2.24) is 15.2 Å². The number of aromatic nitrogens is 3. The van der Waals surface area contributed by atoms with Gasteiger partial charge >= 0.3 is 5.97 Å². The highest BCUT2D eigenvalue weighted by Gasteiger charge is 2.19. The summed E-state index contributed by atoms with van der Waals surface area (Å²) in [5, 5.41) is 9.35. The normalized spacial score (nSPS) is 11.4. The largest absolute Gasteiger partial charge is 0.470 e. The lowest BCUT2D eigenvalue weighted by Crippen LogP contribution is -2.12. The number of carbonyl (C=O) groups is 1. The van der Waals surface area contributed by atoms with Crippen molar-refractivity contribution in [3.05, 3.63) is 27.8 Å². The average Bonchev–Trinajstić information content (AvgIpc) is 3.05. The van der Waals surface area contributed by atoms with Crippen LogP contribution in [0.5, 0.6) is 5.88 Å². The third-order valence-corrected chi connectivity index (χ3v) is 3.58. The fourth-order valence-corrected chi connectivity index (χ4v) is 2.53. The van der Waals surface area contributed by atoms with Crippen LogP contribution < -0.4 is 4.74 Å². The van der Waals surface area contributed by atoms with Gasteiger partial charge in [0.1, 0.15) is 17.2 Å². The number of H-pyrrole nitrogens is 1. The van der Waals surface area contributed by atoms with Crippen molar-refractivity contribution in [2.24, 2.45) is 0 Å². The molecule has 7 heteroatoms. The van der Waals surface area contributed by atoms with Gasteiger partial charge in [0.25, 0.3) is 0 Å². The molecule has 0 spiro atoms. The molecular weight excluding hydrogens is 290 g/mol. The molecule has 2 heterocycles. The zero-order valence-electron chi connectivity index (χ0n) is 12.6. The monoisotopic (exact) mass is 309 g/mol. The second-order valence-electron chi connectivity index (χ2n) is 5.50. The molecular formula is C14H19N3O3S. The van der Waals surface area contributed by atoms with Crippen LogP contribution >= 0.6 is 11.3 Å². The van der Waals surface area contributed by atoms with E-state index in [4.69, 9.17) is 9.47 Å². The summed E-state index contributed by atoms with van der Waals surface area (Å²) in [7, 11) is 0. The number of hydrogen-bond acceptors (Lipinski definition) is 6. The first-order valence-corrected chi connectivity index (χ1v) is 7.58. The molecule has 2 aromatic rings. The molecule has 0 aliphatic heterocycles. The van der Waals surface area contributed by atoms with Gasteiger partial charge in [0, 0.05) is 10.8 Å². The van der Waals surface area contributed by atoms with Crippen LogP contribution in [0.25, 0.3) is 0 Å². The standard InChI is InChI=1S/C14H19N3O3S/c1-5-19-13(18)9-6-15-17-12(9)20-7-11-16-10(8-21-11)14(2,3)4/h6,8H,5,7H2,1-4H3,(H,15,17). The summed E-state index contributed by atoms with van der Waals surface area (Å²) >= 11 is 1.54. The molecule has 2 aromatic heterocycles. The van der Waals surface area contributed by atoms with E-state index < -0.39 is 5.97 Å². The van der Waals surface area contributed by atoms with E-state index in [1.165, 1.54) is 17.5 Å². The predicted octanol–water partition coefficient (Wildman–Crippen LogP) is 2.92. The first kappa shape index (κ1) is 15.5. The molecule has 21 heavy (non-hydrogen) atoms. The Morgan fingerprint density at radius 2 is 2.19 bits per heavy atom. The number of aromatic amines is 1. The van der Waals surface area contributed by atoms with Crippen molar-refractivity contribution in [1.29, 1.82) is 0 Å². The van der Waals surface area contributed by atoms with Crippen LogP contribution in [0, 0.1) is 0 Å². The average molecular weight is 309 g/mol. The Bertz CT molecular complexity index is 613. The van der Waals surface area contributed by atoms with Gasteiger partial charge in [0.05, 0.1) is 18.5 Å². The van der Waals surface area contributed by atoms with Gasteiger partial charge in [0.15, 0.2) is 0 Å². The van der Waals surface area contributed by atoms with Gasteiger partial charge in [-0.3, -0.25) is 0 Å². The van der Waals surface area contributed by atoms with Gasteiger partial charge < -0.3 is 9.47 Å². The lowest BCUT2D eigenvalue weighted by molar-refractivity contribution is 0.0521. The van der Waals surface area contributed by atoms with E-state index in [0.29, 0.717) is 18.1 Å². The van der Waals surface area contributed by atoms with Gasteiger partial charge in [-0.25, -0.2) is 14.9 Å². The third kappa shape index (κ3) is 3.81. The zero-order valence-corrected chi connectivity index (χ0v) is 13.4. The fourth-order valence-electron chi connectivity index (χ4n) is 1.59. The minimum absolute atomic E-state index is 0.0127. The van der Waals surface area contributed by atoms with E-state index in [-0.39, 0.29) is 12.0 Å². The molecule has 0 amide bonds. The molecule has 0 saturated carbocycles. The van der Waals surface area contributed by atoms with Crippen LogP contribution in [-0.4, -0.2) is 27.8 Å². The van der Waals surface area contributed by atoms with Crippen LogP contribution in [0.1, 0.15) is 48.8 Å². The second-order valence-corrected chi connectivity index (χ2v) is 6.44. The highest BCUT2D eigenvalue weighted by molar-refractivity contribution is 7.09. The number of nitrogens with one attached hydrogen (secondary N) is 1. The Kier molecular flexibility index (Phi) is 4.62. The Morgan fingerprint density at radius 3 is 2.81 bits per heavy atom. The summed E-state index contributed by atoms with van der Waals surface area (Å²) in [6.45, 7) is 8.68. The van der Waals surface area contributed by atoms with E-state index in [0.717, 1.165) is 10.7 Å². The molecule has 1 N–H and O–H groups in total. The van der Waals surface area contributed by atoms with Gasteiger partial charge in [-0.2, -0.15) is 5.10 Å². The van der Waals surface area contributed by atoms with Gasteiger partial charge in [-0.1, -0.05) is 20.8 Å². The fraction of sp³-hybridized carbons (Fsp3) is 0.500. The van der Waals surface area contributed by atoms with Crippen molar-refractivity contribution in [2.45, 2.75) is 39.7 Å². The van der Waals surface area contributed by atoms with Crippen molar-refractivity contribution in [3.8, 4) is 5.88 Å². The molecule has 6 nitrogen and oxygen atoms in total. The topological polar surface area (TPSA) is 77.1 Å². The molecule has 0 bridgehead atoms. The van der Waals surface area contributed by atoms with Crippen molar-refractivity contribution < 1.29 is 14.3 Å². The minimum Gasteiger partial charge on any atom is -0.470 e. The van der Waals surface area contributed by atoms with Gasteiger partial charge in [0.2, 0.25) is 5.88 Å². The molecule has 0 aliphatic rings. The molecule has 0 saturated heterocycles. The molecule has 0 unspecified atom stereocenters. The molecule has 114 valence electrons. The lowest BCUT2D eigenvalue weighted by atomic mass is 9.93. The highest BCUT2D eigenvalue weighted by atomic mass is 32.1. The van der Waals surface area contributed by atoms with Crippen molar-refractivity contribution >= 4 is 17.3 Å². The Balaban J connectivity index is 2.02. The summed E-state index contributed by atoms with van der Waals surface area (Å²) in [5.74, 6) is -0.142. The predicted molar refractivity (Wildman–Crippen MR) is 79.7 cm³/mol. The minimum atomic E-state index is -0.448. The van der Waals surface area contributed by atoms with E-state index in [2.05, 4.69) is 36.0 Å². The van der Waals surface area contributed by atoms with E-state index in [1.807, 2.05) is 5.38 Å². The number of ether oxygens (including phenoxy) is 2. The van der Waals surface area contributed by atoms with Gasteiger partial charge in [-0.05, 0) is 6.92 Å². The van der Waals surface area contributed by atoms with Crippen LogP contribution in [-0.2, 0) is 16.8 Å². The van der Waals surface area contributed by atoms with E-state index in [1.54, 1.807) is 6.92 Å². The van der Waals surface area contributed by atoms with Crippen molar-refractivity contribution in [3.63, 3.8) is 0 Å². The molecule has 2 rings (SSSR count). The first-order chi connectivity index (χ1) is 9.91. The molecule has 0 fully saturated rings. The quantitative estimate of drug-likeness (QED) is 0.859. The molecule has 0 atom stereocenters. The smallest absolute Gasteiger partial charge is 0.345 e. The summed E-state index contributed by atoms with van der Waals surface area (Å²) < 4.78 is 10.5. The van der Waals surface area contributed by atoms with Crippen LogP contribution in [0.15, 0.2) is 11.6 Å². The lowest BCUT2D eigenvalue weighted by Gasteiger charge is -2.14. The maximum Gasteiger partial charge on any atom is 0.345 e. The number of thiazole rings is 1. The maximum absolute atomic E-state index is 11.7. The van der Waals surface area contributed by atoms with Gasteiger partial charge in [-0.15, -0.1) is 11.3 Å². The molecule has 0 radical (unpaired) electrons. The SMILES string of the molecule is CCOC(=O)c1cn[nH]c1OCc1nc(C(C)(C)C)cs1. The maximum atomic E-state index is 11.7. The van der Waals surface area contributed by atoms with E-state index >= 15 is 0 Å².